The summed E-state index contributed by atoms with van der Waals surface area (Å²) in [6.45, 7) is 2.49. The third kappa shape index (κ3) is 1.73. The zero-order valence-electron chi connectivity index (χ0n) is 12.7. The highest BCUT2D eigenvalue weighted by Crippen LogP contribution is 2.55. The number of carbonyl (C=O) groups is 4. The Kier molecular flexibility index (Phi) is 3.06. The van der Waals surface area contributed by atoms with Gasteiger partial charge in [-0.3, -0.25) is 19.2 Å². The maximum absolute atomic E-state index is 12.8. The highest BCUT2D eigenvalue weighted by Gasteiger charge is 2.57. The van der Waals surface area contributed by atoms with Gasteiger partial charge in [0.2, 0.25) is 0 Å². The first-order chi connectivity index (χ1) is 11.1. The van der Waals surface area contributed by atoms with Crippen LogP contribution in [0.4, 0.5) is 0 Å². The molecule has 0 radical (unpaired) electrons. The molecule has 124 valence electrons. The summed E-state index contributed by atoms with van der Waals surface area (Å²) in [7, 11) is 0. The van der Waals surface area contributed by atoms with Crippen LogP contribution in [-0.2, 0) is 19.8 Å². The summed E-state index contributed by atoms with van der Waals surface area (Å²) in [5.41, 5.74) is 3.06. The van der Waals surface area contributed by atoms with E-state index in [0.717, 1.165) is 19.1 Å². The van der Waals surface area contributed by atoms with Gasteiger partial charge in [0.05, 0.1) is 5.56 Å². The molecule has 0 bridgehead atoms. The quantitative estimate of drug-likeness (QED) is 0.651. The van der Waals surface area contributed by atoms with Gasteiger partial charge < -0.3 is 20.7 Å². The molecule has 1 aromatic rings. The molecule has 4 N–H and O–H groups in total. The van der Waals surface area contributed by atoms with Gasteiger partial charge in [-0.1, -0.05) is 0 Å². The van der Waals surface area contributed by atoms with E-state index in [9.17, 15) is 29.4 Å². The van der Waals surface area contributed by atoms with Crippen LogP contribution < -0.4 is 10.5 Å². The van der Waals surface area contributed by atoms with Crippen molar-refractivity contribution in [3.8, 4) is 17.2 Å². The monoisotopic (exact) mass is 331 g/mol. The minimum absolute atomic E-state index is 0.107. The molecule has 3 rings (SSSR count). The number of fused-ring (bicyclic) bond motifs is 3. The van der Waals surface area contributed by atoms with E-state index < -0.39 is 51.7 Å². The Balaban J connectivity index is 2.36. The number of hydrogen-bond acceptors (Lipinski definition) is 7. The van der Waals surface area contributed by atoms with E-state index in [2.05, 4.69) is 0 Å². The molecule has 0 spiro atoms. The molecule has 1 aliphatic heterocycles. The first-order valence-electron chi connectivity index (χ1n) is 6.98. The maximum Gasteiger partial charge on any atom is 0.256 e. The highest BCUT2D eigenvalue weighted by molar-refractivity contribution is 6.27. The van der Waals surface area contributed by atoms with Crippen molar-refractivity contribution in [2.45, 2.75) is 19.3 Å². The van der Waals surface area contributed by atoms with Gasteiger partial charge >= 0.3 is 0 Å². The number of primary amides is 1. The third-order valence-corrected chi connectivity index (χ3v) is 4.41. The lowest BCUT2D eigenvalue weighted by atomic mass is 9.67. The minimum atomic E-state index is -1.64. The van der Waals surface area contributed by atoms with Crippen molar-refractivity contribution in [1.82, 2.24) is 0 Å². The van der Waals surface area contributed by atoms with E-state index in [1.54, 1.807) is 0 Å². The number of allylic oxidation sites excluding steroid dienone is 2. The number of hydrogen-bond donors (Lipinski definition) is 3. The third-order valence-electron chi connectivity index (χ3n) is 4.41. The predicted octanol–water partition coefficient (Wildman–Crippen LogP) is 0.0877. The zero-order chi connectivity index (χ0) is 18.0. The summed E-state index contributed by atoms with van der Waals surface area (Å²) in [5.74, 6) is -6.25. The van der Waals surface area contributed by atoms with E-state index in [-0.39, 0.29) is 17.1 Å². The normalized spacial score (nSPS) is 24.8. The van der Waals surface area contributed by atoms with Crippen molar-refractivity contribution in [2.24, 2.45) is 11.7 Å². The first kappa shape index (κ1) is 15.7. The van der Waals surface area contributed by atoms with Crippen molar-refractivity contribution in [3.63, 3.8) is 0 Å². The van der Waals surface area contributed by atoms with E-state index in [1.165, 1.54) is 6.92 Å². The molecule has 0 aromatic heterocycles. The van der Waals surface area contributed by atoms with Gasteiger partial charge in [-0.2, -0.15) is 0 Å². The molecule has 8 heteroatoms. The second kappa shape index (κ2) is 4.67. The number of phenols is 2. The van der Waals surface area contributed by atoms with Crippen molar-refractivity contribution < 1.29 is 34.1 Å². The molecule has 24 heavy (non-hydrogen) atoms. The summed E-state index contributed by atoms with van der Waals surface area (Å²) in [4.78, 5) is 48.1. The number of nitrogens with two attached hydrogens (primary N) is 1. The van der Waals surface area contributed by atoms with Crippen molar-refractivity contribution in [3.05, 3.63) is 29.0 Å². The van der Waals surface area contributed by atoms with Crippen LogP contribution in [0.3, 0.4) is 0 Å². The summed E-state index contributed by atoms with van der Waals surface area (Å²) in [5, 5.41) is 20.0. The summed E-state index contributed by atoms with van der Waals surface area (Å²) >= 11 is 0. The Bertz CT molecular complexity index is 883. The molecule has 1 amide bonds. The van der Waals surface area contributed by atoms with Gasteiger partial charge in [-0.05, 0) is 13.8 Å². The Morgan fingerprint density at radius 3 is 2.42 bits per heavy atom. The second-order valence-corrected chi connectivity index (χ2v) is 5.90. The van der Waals surface area contributed by atoms with Crippen LogP contribution in [0.15, 0.2) is 17.9 Å². The fourth-order valence-electron chi connectivity index (χ4n) is 3.22. The SMILES string of the molecule is CC(=O)C1C(=O)C=C2Oc3c(C(N)=O)c(O)cc(O)c3C2(C)C1=O. The van der Waals surface area contributed by atoms with Gasteiger partial charge in [0, 0.05) is 12.1 Å². The van der Waals surface area contributed by atoms with E-state index in [4.69, 9.17) is 10.5 Å². The topological polar surface area (TPSA) is 144 Å². The molecule has 2 unspecified atom stereocenters. The molecular formula is C16H13NO7. The van der Waals surface area contributed by atoms with Gasteiger partial charge in [-0.25, -0.2) is 0 Å². The Morgan fingerprint density at radius 2 is 1.88 bits per heavy atom. The average Bonchev–Trinajstić information content (AvgIpc) is 2.72. The number of ketones is 3. The highest BCUT2D eigenvalue weighted by atomic mass is 16.5. The van der Waals surface area contributed by atoms with Crippen LogP contribution in [0.1, 0.15) is 29.8 Å². The van der Waals surface area contributed by atoms with Crippen LogP contribution in [-0.4, -0.2) is 33.5 Å². The molecule has 8 nitrogen and oxygen atoms in total. The van der Waals surface area contributed by atoms with E-state index in [1.807, 2.05) is 0 Å². The average molecular weight is 331 g/mol. The lowest BCUT2D eigenvalue weighted by molar-refractivity contribution is -0.140. The number of Topliss-reactive ketones (excluding diaryl/α,β-unsaturated/α-hetero) is 2. The molecule has 1 aliphatic carbocycles. The van der Waals surface area contributed by atoms with Gasteiger partial charge in [0.25, 0.3) is 5.91 Å². The molecule has 0 saturated carbocycles. The number of rotatable bonds is 2. The molecule has 1 heterocycles. The molecule has 0 saturated heterocycles. The number of aromatic hydroxyl groups is 2. The number of amides is 1. The second-order valence-electron chi connectivity index (χ2n) is 5.90. The number of phenolic OH excluding ortho intramolecular Hbond substituents is 1. The van der Waals surface area contributed by atoms with Crippen molar-refractivity contribution in [1.29, 1.82) is 0 Å². The number of ether oxygens (including phenoxy) is 1. The summed E-state index contributed by atoms with van der Waals surface area (Å²) in [6.07, 6.45) is 0.995. The predicted molar refractivity (Wildman–Crippen MR) is 78.5 cm³/mol. The Morgan fingerprint density at radius 1 is 1.25 bits per heavy atom. The smallest absolute Gasteiger partial charge is 0.256 e. The lowest BCUT2D eigenvalue weighted by Crippen LogP contribution is -2.47. The van der Waals surface area contributed by atoms with Gasteiger partial charge in [-0.15, -0.1) is 0 Å². The minimum Gasteiger partial charge on any atom is -0.507 e. The first-order valence-corrected chi connectivity index (χ1v) is 6.98. The largest absolute Gasteiger partial charge is 0.507 e. The fraction of sp³-hybridized carbons (Fsp3) is 0.250. The van der Waals surface area contributed by atoms with Crippen LogP contribution >= 0.6 is 0 Å². The van der Waals surface area contributed by atoms with Crippen molar-refractivity contribution in [2.75, 3.05) is 0 Å². The molecule has 2 aliphatic rings. The fourth-order valence-corrected chi connectivity index (χ4v) is 3.22. The Labute approximate surface area is 135 Å². The Hall–Kier alpha value is -3.16. The molecule has 0 fully saturated rings. The van der Waals surface area contributed by atoms with Gasteiger partial charge in [0.1, 0.15) is 39.9 Å². The maximum atomic E-state index is 12.8. The summed E-state index contributed by atoms with van der Waals surface area (Å²) in [6, 6.07) is 0.864. The molecule has 1 aromatic carbocycles. The van der Waals surface area contributed by atoms with Crippen LogP contribution in [0.2, 0.25) is 0 Å². The summed E-state index contributed by atoms with van der Waals surface area (Å²) < 4.78 is 5.42. The van der Waals surface area contributed by atoms with Crippen LogP contribution in [0.25, 0.3) is 0 Å². The van der Waals surface area contributed by atoms with Crippen LogP contribution in [0, 0.1) is 5.92 Å². The van der Waals surface area contributed by atoms with E-state index in [0.29, 0.717) is 0 Å². The standard InChI is InChI=1S/C16H13NO7/c1-5(18)10-7(20)4-9-16(2,14(10)22)12-8(21)3-6(19)11(15(17)23)13(12)24-9/h3-4,10,19,21H,1-2H3,(H2,17,23). The molecule has 2 atom stereocenters. The number of carbonyl (C=O) groups excluding carboxylic acids is 4. The zero-order valence-corrected chi connectivity index (χ0v) is 12.7. The van der Waals surface area contributed by atoms with Crippen LogP contribution in [0.5, 0.6) is 17.2 Å². The van der Waals surface area contributed by atoms with E-state index >= 15 is 0 Å². The number of benzene rings is 1. The van der Waals surface area contributed by atoms with Gasteiger partial charge in [0.15, 0.2) is 17.3 Å². The van der Waals surface area contributed by atoms with Crippen molar-refractivity contribution >= 4 is 23.3 Å². The lowest BCUT2D eigenvalue weighted by Gasteiger charge is -2.30. The molecular weight excluding hydrogens is 318 g/mol.